The normalized spacial score (nSPS) is 11.6. The van der Waals surface area contributed by atoms with Crippen molar-refractivity contribution >= 4 is 29.3 Å². The summed E-state index contributed by atoms with van der Waals surface area (Å²) in [5, 5.41) is 6.10. The van der Waals surface area contributed by atoms with Crippen molar-refractivity contribution in [3.8, 4) is 0 Å². The van der Waals surface area contributed by atoms with Gasteiger partial charge < -0.3 is 14.5 Å². The number of nitrogens with zero attached hydrogens (tertiary/aromatic N) is 1. The first-order valence-corrected chi connectivity index (χ1v) is 9.30. The molecule has 0 fully saturated rings. The molecule has 1 atom stereocenters. The van der Waals surface area contributed by atoms with Crippen LogP contribution in [0.3, 0.4) is 0 Å². The van der Waals surface area contributed by atoms with E-state index in [1.54, 1.807) is 55.5 Å². The van der Waals surface area contributed by atoms with Crippen LogP contribution >= 0.6 is 11.6 Å². The van der Waals surface area contributed by atoms with Gasteiger partial charge in [-0.05, 0) is 49.2 Å². The molecule has 1 unspecified atom stereocenters. The number of halogens is 1. The average molecular weight is 414 g/mol. The second-order valence-electron chi connectivity index (χ2n) is 6.42. The van der Waals surface area contributed by atoms with Gasteiger partial charge in [-0.15, -0.1) is 0 Å². The van der Waals surface area contributed by atoms with Gasteiger partial charge in [0.2, 0.25) is 0 Å². The molecule has 3 rings (SSSR count). The highest BCUT2D eigenvalue weighted by Gasteiger charge is 2.16. The van der Waals surface area contributed by atoms with E-state index >= 15 is 0 Å². The number of oxazole rings is 1. The summed E-state index contributed by atoms with van der Waals surface area (Å²) in [5.41, 5.74) is 2.28. The molecule has 29 heavy (non-hydrogen) atoms. The number of carbonyl (C=O) groups excluding carboxylic acids is 2. The minimum absolute atomic E-state index is 0.0241. The Labute approximate surface area is 173 Å². The number of hydrogen-bond donors (Lipinski definition) is 2. The Kier molecular flexibility index (Phi) is 6.51. The lowest BCUT2D eigenvalue weighted by Gasteiger charge is -2.14. The van der Waals surface area contributed by atoms with Gasteiger partial charge in [-0.2, -0.15) is 0 Å². The molecule has 1 heterocycles. The molecule has 0 bridgehead atoms. The highest BCUT2D eigenvalue weighted by atomic mass is 35.5. The van der Waals surface area contributed by atoms with E-state index in [-0.39, 0.29) is 18.5 Å². The van der Waals surface area contributed by atoms with Crippen LogP contribution < -0.4 is 10.6 Å². The van der Waals surface area contributed by atoms with Crippen LogP contribution in [0.4, 0.5) is 10.5 Å². The predicted octanol–water partition coefficient (Wildman–Crippen LogP) is 4.88. The van der Waals surface area contributed by atoms with Crippen LogP contribution in [0.15, 0.2) is 59.1 Å². The highest BCUT2D eigenvalue weighted by Crippen LogP contribution is 2.17. The summed E-state index contributed by atoms with van der Waals surface area (Å²) in [4.78, 5) is 28.0. The van der Waals surface area contributed by atoms with Crippen LogP contribution in [0.2, 0.25) is 5.02 Å². The smallest absolute Gasteiger partial charge is 0.411 e. The number of hydrogen-bond acceptors (Lipinski definition) is 5. The second kappa shape index (κ2) is 9.25. The molecule has 150 valence electrons. The van der Waals surface area contributed by atoms with E-state index in [4.69, 9.17) is 20.8 Å². The lowest BCUT2D eigenvalue weighted by atomic mass is 10.1. The van der Waals surface area contributed by atoms with Crippen molar-refractivity contribution in [1.82, 2.24) is 10.3 Å². The molecule has 8 heteroatoms. The Hall–Kier alpha value is -3.32. The van der Waals surface area contributed by atoms with E-state index < -0.39 is 12.0 Å². The van der Waals surface area contributed by atoms with Crippen molar-refractivity contribution in [2.24, 2.45) is 0 Å². The van der Waals surface area contributed by atoms with Gasteiger partial charge in [-0.25, -0.2) is 9.78 Å². The van der Waals surface area contributed by atoms with E-state index in [2.05, 4.69) is 15.6 Å². The summed E-state index contributed by atoms with van der Waals surface area (Å²) < 4.78 is 10.4. The van der Waals surface area contributed by atoms with Crippen LogP contribution in [0, 0.1) is 6.92 Å². The number of aryl methyl sites for hydroxylation is 1. The summed E-state index contributed by atoms with van der Waals surface area (Å²) in [6.07, 6.45) is 0.930. The lowest BCUT2D eigenvalue weighted by Crippen LogP contribution is -2.26. The number of anilines is 1. The third-order valence-electron chi connectivity index (χ3n) is 4.10. The molecular formula is C21H20ClN3O4. The number of carbonyl (C=O) groups is 2. The maximum atomic E-state index is 12.1. The van der Waals surface area contributed by atoms with Gasteiger partial charge in [0.15, 0.2) is 0 Å². The number of ether oxygens (including phenoxy) is 1. The largest absolute Gasteiger partial charge is 0.444 e. The van der Waals surface area contributed by atoms with Crippen LogP contribution in [0.25, 0.3) is 0 Å². The molecule has 7 nitrogen and oxygen atoms in total. The van der Waals surface area contributed by atoms with Crippen LogP contribution in [0.1, 0.15) is 40.5 Å². The van der Waals surface area contributed by atoms with Gasteiger partial charge in [0, 0.05) is 10.7 Å². The molecular weight excluding hydrogens is 394 g/mol. The van der Waals surface area contributed by atoms with E-state index in [0.717, 1.165) is 11.1 Å². The summed E-state index contributed by atoms with van der Waals surface area (Å²) >= 11 is 5.83. The van der Waals surface area contributed by atoms with Crippen molar-refractivity contribution in [1.29, 1.82) is 0 Å². The molecule has 0 aliphatic carbocycles. The van der Waals surface area contributed by atoms with Crippen molar-refractivity contribution in [2.45, 2.75) is 26.5 Å². The molecule has 2 amide bonds. The standard InChI is InChI=1S/C21H20ClN3O4/c1-13-11-23-20(29-13)19(26)24-14(2)16-5-9-18(10-6-16)25-21(27)28-12-15-3-7-17(22)8-4-15/h3-11,14H,12H2,1-2H3,(H,24,26)(H,25,27). The predicted molar refractivity (Wildman–Crippen MR) is 109 cm³/mol. The number of benzene rings is 2. The molecule has 0 saturated heterocycles. The Bertz CT molecular complexity index is 984. The van der Waals surface area contributed by atoms with Crippen molar-refractivity contribution in [2.75, 3.05) is 5.32 Å². The van der Waals surface area contributed by atoms with Gasteiger partial charge in [0.05, 0.1) is 12.2 Å². The number of aromatic nitrogens is 1. The van der Waals surface area contributed by atoms with E-state index in [9.17, 15) is 9.59 Å². The van der Waals surface area contributed by atoms with Gasteiger partial charge in [0.1, 0.15) is 12.4 Å². The van der Waals surface area contributed by atoms with Crippen LogP contribution in [-0.4, -0.2) is 17.0 Å². The summed E-state index contributed by atoms with van der Waals surface area (Å²) in [5.74, 6) is 0.204. The first-order chi connectivity index (χ1) is 13.9. The molecule has 1 aromatic heterocycles. The zero-order chi connectivity index (χ0) is 20.8. The second-order valence-corrected chi connectivity index (χ2v) is 6.86. The van der Waals surface area contributed by atoms with Gasteiger partial charge in [-0.1, -0.05) is 35.9 Å². The molecule has 0 aliphatic rings. The molecule has 2 N–H and O–H groups in total. The zero-order valence-corrected chi connectivity index (χ0v) is 16.7. The Morgan fingerprint density at radius 3 is 2.45 bits per heavy atom. The topological polar surface area (TPSA) is 93.5 Å². The van der Waals surface area contributed by atoms with Gasteiger partial charge >= 0.3 is 12.0 Å². The maximum Gasteiger partial charge on any atom is 0.411 e. The molecule has 0 saturated carbocycles. The fourth-order valence-corrected chi connectivity index (χ4v) is 2.67. The first kappa shape index (κ1) is 20.4. The maximum absolute atomic E-state index is 12.1. The monoisotopic (exact) mass is 413 g/mol. The van der Waals surface area contributed by atoms with E-state index in [1.165, 1.54) is 6.20 Å². The first-order valence-electron chi connectivity index (χ1n) is 8.92. The minimum atomic E-state index is -0.562. The third-order valence-corrected chi connectivity index (χ3v) is 4.36. The quantitative estimate of drug-likeness (QED) is 0.600. The Morgan fingerprint density at radius 1 is 1.14 bits per heavy atom. The third kappa shape index (κ3) is 5.83. The number of nitrogens with one attached hydrogen (secondary N) is 2. The van der Waals surface area contributed by atoms with Crippen LogP contribution in [0.5, 0.6) is 0 Å². The summed E-state index contributed by atoms with van der Waals surface area (Å²) in [6, 6.07) is 13.9. The molecule has 2 aromatic carbocycles. The minimum Gasteiger partial charge on any atom is -0.444 e. The molecule has 0 radical (unpaired) electrons. The van der Waals surface area contributed by atoms with Gasteiger partial charge in [0.25, 0.3) is 5.89 Å². The molecule has 0 aliphatic heterocycles. The lowest BCUT2D eigenvalue weighted by molar-refractivity contribution is 0.0903. The zero-order valence-electron chi connectivity index (χ0n) is 15.9. The summed E-state index contributed by atoms with van der Waals surface area (Å²) in [6.45, 7) is 3.71. The van der Waals surface area contributed by atoms with Gasteiger partial charge in [-0.3, -0.25) is 10.1 Å². The fraction of sp³-hybridized carbons (Fsp3) is 0.190. The van der Waals surface area contributed by atoms with E-state index in [1.807, 2.05) is 6.92 Å². The average Bonchev–Trinajstić information content (AvgIpc) is 3.14. The highest BCUT2D eigenvalue weighted by molar-refractivity contribution is 6.30. The van der Waals surface area contributed by atoms with Crippen molar-refractivity contribution < 1.29 is 18.7 Å². The van der Waals surface area contributed by atoms with E-state index in [0.29, 0.717) is 16.5 Å². The fourth-order valence-electron chi connectivity index (χ4n) is 2.54. The van der Waals surface area contributed by atoms with Crippen LogP contribution in [-0.2, 0) is 11.3 Å². The van der Waals surface area contributed by atoms with Crippen molar-refractivity contribution in [3.05, 3.63) is 82.5 Å². The number of amides is 2. The molecule has 0 spiro atoms. The Balaban J connectivity index is 1.50. The van der Waals surface area contributed by atoms with Crippen molar-refractivity contribution in [3.63, 3.8) is 0 Å². The number of rotatable bonds is 6. The Morgan fingerprint density at radius 2 is 1.83 bits per heavy atom. The molecule has 3 aromatic rings. The summed E-state index contributed by atoms with van der Waals surface area (Å²) in [7, 11) is 0. The SMILES string of the molecule is Cc1cnc(C(=O)NC(C)c2ccc(NC(=O)OCc3ccc(Cl)cc3)cc2)o1.